The second kappa shape index (κ2) is 8.32. The molecule has 0 radical (unpaired) electrons. The molecule has 0 aliphatic carbocycles. The van der Waals surface area contributed by atoms with Crippen molar-refractivity contribution in [3.05, 3.63) is 83.0 Å². The van der Waals surface area contributed by atoms with Gasteiger partial charge in [-0.1, -0.05) is 30.3 Å². The summed E-state index contributed by atoms with van der Waals surface area (Å²) in [5.41, 5.74) is 3.78. The highest BCUT2D eigenvalue weighted by atomic mass is 32.2. The van der Waals surface area contributed by atoms with E-state index in [4.69, 9.17) is 0 Å². The zero-order valence-corrected chi connectivity index (χ0v) is 16.4. The molecular weight excluding hydrogens is 401 g/mol. The molecule has 1 heterocycles. The van der Waals surface area contributed by atoms with Crippen LogP contribution in [0.3, 0.4) is 0 Å². The van der Waals surface area contributed by atoms with Gasteiger partial charge in [-0.15, -0.1) is 11.3 Å². The van der Waals surface area contributed by atoms with Gasteiger partial charge >= 0.3 is 0 Å². The zero-order chi connectivity index (χ0) is 20.1. The first kappa shape index (κ1) is 19.7. The van der Waals surface area contributed by atoms with E-state index in [2.05, 4.69) is 15.2 Å². The van der Waals surface area contributed by atoms with E-state index >= 15 is 0 Å². The van der Waals surface area contributed by atoms with Crippen LogP contribution in [-0.4, -0.2) is 20.0 Å². The van der Waals surface area contributed by atoms with Gasteiger partial charge in [0.15, 0.2) is 0 Å². The molecule has 0 spiro atoms. The highest BCUT2D eigenvalue weighted by molar-refractivity contribution is 7.94. The van der Waals surface area contributed by atoms with Crippen molar-refractivity contribution < 1.29 is 17.6 Å². The fourth-order valence-corrected chi connectivity index (χ4v) is 4.40. The van der Waals surface area contributed by atoms with Gasteiger partial charge in [0, 0.05) is 0 Å². The minimum Gasteiger partial charge on any atom is -0.278 e. The summed E-state index contributed by atoms with van der Waals surface area (Å²) >= 11 is 1.08. The Kier molecular flexibility index (Phi) is 5.86. The molecule has 2 aromatic carbocycles. The van der Waals surface area contributed by atoms with E-state index in [0.717, 1.165) is 11.3 Å². The van der Waals surface area contributed by atoms with E-state index < -0.39 is 15.9 Å². The molecule has 0 unspecified atom stereocenters. The van der Waals surface area contributed by atoms with Crippen LogP contribution in [0.1, 0.15) is 22.8 Å². The first-order valence-corrected chi connectivity index (χ1v) is 10.5. The summed E-state index contributed by atoms with van der Waals surface area (Å²) in [6.45, 7) is 1.67. The topological polar surface area (TPSA) is 87.6 Å². The summed E-state index contributed by atoms with van der Waals surface area (Å²) in [5.74, 6) is -0.946. The predicted molar refractivity (Wildman–Crippen MR) is 108 cm³/mol. The van der Waals surface area contributed by atoms with E-state index in [1.165, 1.54) is 30.3 Å². The molecule has 1 aromatic heterocycles. The van der Waals surface area contributed by atoms with E-state index in [1.54, 1.807) is 42.6 Å². The molecule has 6 nitrogen and oxygen atoms in total. The molecule has 0 atom stereocenters. The lowest BCUT2D eigenvalue weighted by atomic mass is 10.1. The molecule has 144 valence electrons. The normalized spacial score (nSPS) is 11.9. The first-order valence-electron chi connectivity index (χ1n) is 8.13. The Labute approximate surface area is 165 Å². The monoisotopic (exact) mass is 417 g/mol. The number of anilines is 1. The van der Waals surface area contributed by atoms with Crippen LogP contribution in [0, 0.1) is 5.82 Å². The summed E-state index contributed by atoms with van der Waals surface area (Å²) in [5, 5.41) is 5.66. The fourth-order valence-electron chi connectivity index (χ4n) is 2.33. The summed E-state index contributed by atoms with van der Waals surface area (Å²) < 4.78 is 40.4. The van der Waals surface area contributed by atoms with Crippen molar-refractivity contribution in [3.8, 4) is 0 Å². The summed E-state index contributed by atoms with van der Waals surface area (Å²) in [7, 11) is -3.79. The van der Waals surface area contributed by atoms with Crippen LogP contribution in [0.2, 0.25) is 0 Å². The molecule has 3 rings (SSSR count). The van der Waals surface area contributed by atoms with E-state index in [1.807, 2.05) is 0 Å². The lowest BCUT2D eigenvalue weighted by molar-refractivity contribution is 0.0955. The van der Waals surface area contributed by atoms with E-state index in [-0.39, 0.29) is 21.3 Å². The molecule has 3 aromatic rings. The molecule has 0 aliphatic rings. The van der Waals surface area contributed by atoms with Gasteiger partial charge in [-0.3, -0.25) is 9.52 Å². The largest absolute Gasteiger partial charge is 0.278 e. The average molecular weight is 417 g/mol. The first-order chi connectivity index (χ1) is 13.4. The third-order valence-corrected chi connectivity index (χ3v) is 6.53. The Bertz CT molecular complexity index is 1110. The van der Waals surface area contributed by atoms with Crippen LogP contribution in [0.25, 0.3) is 0 Å². The van der Waals surface area contributed by atoms with Gasteiger partial charge in [-0.05, 0) is 48.2 Å². The van der Waals surface area contributed by atoms with Gasteiger partial charge < -0.3 is 0 Å². The molecule has 0 aliphatic heterocycles. The van der Waals surface area contributed by atoms with Crippen molar-refractivity contribution in [2.75, 3.05) is 4.72 Å². The number of halogens is 1. The van der Waals surface area contributed by atoms with Crippen molar-refractivity contribution in [2.24, 2.45) is 5.10 Å². The van der Waals surface area contributed by atoms with Crippen molar-refractivity contribution in [3.63, 3.8) is 0 Å². The highest BCUT2D eigenvalue weighted by Crippen LogP contribution is 2.22. The molecule has 0 saturated carbocycles. The smallest absolute Gasteiger partial charge is 0.273 e. The quantitative estimate of drug-likeness (QED) is 0.472. The average Bonchev–Trinajstić information content (AvgIpc) is 3.22. The molecule has 9 heteroatoms. The molecule has 0 bridgehead atoms. The fraction of sp³-hybridized carbons (Fsp3) is 0.0526. The third kappa shape index (κ3) is 4.62. The number of nitrogens with one attached hydrogen (secondary N) is 2. The Balaban J connectivity index is 1.79. The Morgan fingerprint density at radius 2 is 1.75 bits per heavy atom. The predicted octanol–water partition coefficient (Wildman–Crippen LogP) is 3.84. The second-order valence-corrected chi connectivity index (χ2v) is 8.59. The lowest BCUT2D eigenvalue weighted by Gasteiger charge is -2.11. The van der Waals surface area contributed by atoms with Crippen LogP contribution in [0.5, 0.6) is 0 Å². The number of thiophene rings is 1. The Morgan fingerprint density at radius 3 is 2.43 bits per heavy atom. The molecule has 2 N–H and O–H groups in total. The maximum atomic E-state index is 13.0. The van der Waals surface area contributed by atoms with E-state index in [0.29, 0.717) is 11.3 Å². The number of sulfonamides is 1. The Hall–Kier alpha value is -3.04. The number of para-hydroxylation sites is 1. The maximum absolute atomic E-state index is 13.0. The second-order valence-electron chi connectivity index (χ2n) is 5.73. The number of hydrogen-bond donors (Lipinski definition) is 2. The number of hydrogen-bond acceptors (Lipinski definition) is 5. The summed E-state index contributed by atoms with van der Waals surface area (Å²) in [6.07, 6.45) is 0. The van der Waals surface area contributed by atoms with Crippen LogP contribution in [0.15, 0.2) is 75.4 Å². The van der Waals surface area contributed by atoms with Crippen LogP contribution in [-0.2, 0) is 10.0 Å². The number of benzene rings is 2. The number of amides is 1. The van der Waals surface area contributed by atoms with Crippen molar-refractivity contribution in [2.45, 2.75) is 11.1 Å². The number of carbonyl (C=O) groups excluding carboxylic acids is 1. The van der Waals surface area contributed by atoms with Crippen molar-refractivity contribution >= 4 is 38.7 Å². The van der Waals surface area contributed by atoms with Crippen LogP contribution < -0.4 is 10.1 Å². The van der Waals surface area contributed by atoms with Gasteiger partial charge in [0.05, 0.1) is 17.0 Å². The number of rotatable bonds is 6. The van der Waals surface area contributed by atoms with Crippen molar-refractivity contribution in [1.29, 1.82) is 0 Å². The summed E-state index contributed by atoms with van der Waals surface area (Å²) in [6, 6.07) is 15.0. The number of carbonyl (C=O) groups is 1. The molecular formula is C19H16FN3O3S2. The molecule has 1 amide bonds. The Morgan fingerprint density at radius 1 is 1.04 bits per heavy atom. The van der Waals surface area contributed by atoms with Gasteiger partial charge in [-0.25, -0.2) is 18.2 Å². The molecule has 0 fully saturated rings. The summed E-state index contributed by atoms with van der Waals surface area (Å²) in [4.78, 5) is 12.5. The lowest BCUT2D eigenvalue weighted by Crippen LogP contribution is -2.22. The number of hydrazone groups is 1. The van der Waals surface area contributed by atoms with E-state index in [9.17, 15) is 17.6 Å². The molecule has 0 saturated heterocycles. The zero-order valence-electron chi connectivity index (χ0n) is 14.7. The van der Waals surface area contributed by atoms with Gasteiger partial charge in [0.2, 0.25) is 0 Å². The maximum Gasteiger partial charge on any atom is 0.273 e. The van der Waals surface area contributed by atoms with Crippen molar-refractivity contribution in [1.82, 2.24) is 5.43 Å². The standard InChI is InChI=1S/C19H16FN3O3S2/c1-13(14-8-10-15(20)11-9-14)21-22-19(24)16-5-2-3-6-17(16)23-28(25,26)18-7-4-12-27-18/h2-12,23H,1H3,(H,22,24). The minimum absolute atomic E-state index is 0.123. The van der Waals surface area contributed by atoms with Crippen LogP contribution in [0.4, 0.5) is 10.1 Å². The third-order valence-electron chi connectivity index (χ3n) is 3.76. The SMILES string of the molecule is CC(=NNC(=O)c1ccccc1NS(=O)(=O)c1cccs1)c1ccc(F)cc1. The minimum atomic E-state index is -3.79. The highest BCUT2D eigenvalue weighted by Gasteiger charge is 2.19. The van der Waals surface area contributed by atoms with Gasteiger partial charge in [0.1, 0.15) is 10.0 Å². The van der Waals surface area contributed by atoms with Gasteiger partial charge in [0.25, 0.3) is 15.9 Å². The molecule has 28 heavy (non-hydrogen) atoms. The number of nitrogens with zero attached hydrogens (tertiary/aromatic N) is 1. The van der Waals surface area contributed by atoms with Crippen LogP contribution >= 0.6 is 11.3 Å². The van der Waals surface area contributed by atoms with Gasteiger partial charge in [-0.2, -0.15) is 5.10 Å².